The number of thioether (sulfide) groups is 1. The van der Waals surface area contributed by atoms with Crippen LogP contribution in [0.25, 0.3) is 16.8 Å². The summed E-state index contributed by atoms with van der Waals surface area (Å²) in [6.45, 7) is 5.81. The van der Waals surface area contributed by atoms with Gasteiger partial charge in [0.1, 0.15) is 5.82 Å². The molecule has 5 aromatic rings. The van der Waals surface area contributed by atoms with Gasteiger partial charge in [0, 0.05) is 49.8 Å². The highest BCUT2D eigenvalue weighted by molar-refractivity contribution is 7.99. The van der Waals surface area contributed by atoms with Crippen LogP contribution in [0, 0.1) is 6.92 Å². The molecule has 47 heavy (non-hydrogen) atoms. The van der Waals surface area contributed by atoms with Gasteiger partial charge >= 0.3 is 0 Å². The van der Waals surface area contributed by atoms with Crippen molar-refractivity contribution in [1.29, 1.82) is 0 Å². The number of amides is 2. The SMILES string of the molecule is Cc1ccccc1-n1c(Cc2ccccc2)nnc1SCCCCC(=O)N1CCN(C(=O)c2ccc(-c3ccccc3)cc2)C(C)C1. The number of unbranched alkanes of at least 4 members (excludes halogenated alkanes) is 1. The van der Waals surface area contributed by atoms with E-state index in [0.29, 0.717) is 38.0 Å². The molecule has 0 N–H and O–H groups in total. The number of piperazine rings is 1. The van der Waals surface area contributed by atoms with Crippen molar-refractivity contribution in [2.45, 2.75) is 50.7 Å². The van der Waals surface area contributed by atoms with Gasteiger partial charge in [-0.3, -0.25) is 14.2 Å². The van der Waals surface area contributed by atoms with Gasteiger partial charge in [0.2, 0.25) is 5.91 Å². The van der Waals surface area contributed by atoms with Crippen LogP contribution in [0.2, 0.25) is 0 Å². The standard InChI is InChI=1S/C39H41N5O2S/c1-29-13-9-10-18-35(29)44-36(27-31-14-5-3-6-15-31)40-41-39(44)47-26-12-11-19-37(45)42-24-25-43(30(2)28-42)38(46)34-22-20-33(21-23-34)32-16-7-4-8-17-32/h3-10,13-18,20-23,30H,11-12,19,24-28H2,1-2H3. The van der Waals surface area contributed by atoms with Crippen LogP contribution >= 0.6 is 11.8 Å². The first kappa shape index (κ1) is 32.3. The molecule has 8 heteroatoms. The molecule has 4 aromatic carbocycles. The van der Waals surface area contributed by atoms with E-state index in [1.165, 1.54) is 11.1 Å². The molecular formula is C39H41N5O2S. The van der Waals surface area contributed by atoms with Crippen LogP contribution in [0.4, 0.5) is 0 Å². The molecule has 0 aliphatic carbocycles. The summed E-state index contributed by atoms with van der Waals surface area (Å²) in [6, 6.07) is 36.6. The fourth-order valence-electron chi connectivity index (χ4n) is 6.13. The van der Waals surface area contributed by atoms with Crippen LogP contribution in [0.15, 0.2) is 114 Å². The minimum absolute atomic E-state index is 0.0201. The molecule has 1 aliphatic heterocycles. The molecule has 1 aromatic heterocycles. The Hall–Kier alpha value is -4.69. The predicted molar refractivity (Wildman–Crippen MR) is 189 cm³/mol. The molecular weight excluding hydrogens is 603 g/mol. The zero-order valence-corrected chi connectivity index (χ0v) is 27.9. The number of benzene rings is 4. The van der Waals surface area contributed by atoms with Crippen molar-refractivity contribution in [3.63, 3.8) is 0 Å². The molecule has 2 heterocycles. The lowest BCUT2D eigenvalue weighted by molar-refractivity contribution is -0.133. The van der Waals surface area contributed by atoms with Gasteiger partial charge in [-0.25, -0.2) is 0 Å². The third kappa shape index (κ3) is 7.83. The molecule has 2 amide bonds. The van der Waals surface area contributed by atoms with Gasteiger partial charge in [-0.15, -0.1) is 10.2 Å². The Labute approximate surface area is 281 Å². The second-order valence-electron chi connectivity index (χ2n) is 12.1. The van der Waals surface area contributed by atoms with Crippen LogP contribution in [-0.4, -0.2) is 67.8 Å². The van der Waals surface area contributed by atoms with Gasteiger partial charge in [0.05, 0.1) is 5.69 Å². The molecule has 0 spiro atoms. The molecule has 0 saturated carbocycles. The fraction of sp³-hybridized carbons (Fsp3) is 0.282. The fourth-order valence-corrected chi connectivity index (χ4v) is 7.09. The van der Waals surface area contributed by atoms with Crippen molar-refractivity contribution < 1.29 is 9.59 Å². The Balaban J connectivity index is 0.986. The van der Waals surface area contributed by atoms with Gasteiger partial charge in [0.25, 0.3) is 5.91 Å². The molecule has 7 nitrogen and oxygen atoms in total. The van der Waals surface area contributed by atoms with E-state index in [0.717, 1.165) is 46.4 Å². The van der Waals surface area contributed by atoms with E-state index in [2.05, 4.69) is 64.2 Å². The molecule has 1 atom stereocenters. The van der Waals surface area contributed by atoms with Gasteiger partial charge in [0.15, 0.2) is 5.16 Å². The number of aryl methyl sites for hydroxylation is 1. The van der Waals surface area contributed by atoms with E-state index >= 15 is 0 Å². The Bertz CT molecular complexity index is 1790. The Morgan fingerprint density at radius 3 is 2.19 bits per heavy atom. The summed E-state index contributed by atoms with van der Waals surface area (Å²) in [5, 5.41) is 10.0. The highest BCUT2D eigenvalue weighted by atomic mass is 32.2. The molecule has 240 valence electrons. The smallest absolute Gasteiger partial charge is 0.254 e. The normalized spacial score (nSPS) is 14.7. The summed E-state index contributed by atoms with van der Waals surface area (Å²) < 4.78 is 2.18. The average molecular weight is 644 g/mol. The molecule has 1 saturated heterocycles. The second kappa shape index (κ2) is 15.3. The highest BCUT2D eigenvalue weighted by Gasteiger charge is 2.30. The van der Waals surface area contributed by atoms with Crippen molar-refractivity contribution in [1.82, 2.24) is 24.6 Å². The third-order valence-corrected chi connectivity index (χ3v) is 9.77. The zero-order chi connectivity index (χ0) is 32.6. The zero-order valence-electron chi connectivity index (χ0n) is 27.1. The molecule has 1 aliphatic rings. The Morgan fingerprint density at radius 1 is 0.787 bits per heavy atom. The van der Waals surface area contributed by atoms with Crippen molar-refractivity contribution in [2.24, 2.45) is 0 Å². The van der Waals surface area contributed by atoms with Gasteiger partial charge < -0.3 is 9.80 Å². The third-order valence-electron chi connectivity index (χ3n) is 8.76. The van der Waals surface area contributed by atoms with Crippen LogP contribution in [-0.2, 0) is 11.2 Å². The number of aromatic nitrogens is 3. The maximum Gasteiger partial charge on any atom is 0.254 e. The van der Waals surface area contributed by atoms with Crippen molar-refractivity contribution in [3.8, 4) is 16.8 Å². The summed E-state index contributed by atoms with van der Waals surface area (Å²) >= 11 is 1.69. The average Bonchev–Trinajstić information content (AvgIpc) is 3.50. The van der Waals surface area contributed by atoms with E-state index in [9.17, 15) is 9.59 Å². The summed E-state index contributed by atoms with van der Waals surface area (Å²) in [4.78, 5) is 30.3. The molecule has 6 rings (SSSR count). The maximum atomic E-state index is 13.3. The number of hydrogen-bond acceptors (Lipinski definition) is 5. The molecule has 1 unspecified atom stereocenters. The van der Waals surface area contributed by atoms with Gasteiger partial charge in [-0.1, -0.05) is 103 Å². The minimum Gasteiger partial charge on any atom is -0.339 e. The monoisotopic (exact) mass is 643 g/mol. The van der Waals surface area contributed by atoms with Gasteiger partial charge in [-0.2, -0.15) is 0 Å². The number of carbonyl (C=O) groups excluding carboxylic acids is 2. The Morgan fingerprint density at radius 2 is 1.47 bits per heavy atom. The van der Waals surface area contributed by atoms with E-state index in [-0.39, 0.29) is 17.9 Å². The second-order valence-corrected chi connectivity index (χ2v) is 13.2. The summed E-state index contributed by atoms with van der Waals surface area (Å²) in [6.07, 6.45) is 2.92. The first-order valence-corrected chi connectivity index (χ1v) is 17.4. The largest absolute Gasteiger partial charge is 0.339 e. The number of hydrogen-bond donors (Lipinski definition) is 0. The van der Waals surface area contributed by atoms with Crippen LogP contribution in [0.5, 0.6) is 0 Å². The predicted octanol–water partition coefficient (Wildman–Crippen LogP) is 7.47. The van der Waals surface area contributed by atoms with E-state index in [1.54, 1.807) is 11.8 Å². The first-order valence-electron chi connectivity index (χ1n) is 16.4. The van der Waals surface area contributed by atoms with Crippen LogP contribution in [0.3, 0.4) is 0 Å². The van der Waals surface area contributed by atoms with Crippen LogP contribution < -0.4 is 0 Å². The van der Waals surface area contributed by atoms with Crippen molar-refractivity contribution in [2.75, 3.05) is 25.4 Å². The lowest BCUT2D eigenvalue weighted by Crippen LogP contribution is -2.55. The highest BCUT2D eigenvalue weighted by Crippen LogP contribution is 2.27. The molecule has 0 radical (unpaired) electrons. The van der Waals surface area contributed by atoms with Crippen molar-refractivity contribution in [3.05, 3.63) is 132 Å². The first-order chi connectivity index (χ1) is 23.0. The molecule has 0 bridgehead atoms. The van der Waals surface area contributed by atoms with Crippen molar-refractivity contribution >= 4 is 23.6 Å². The topological polar surface area (TPSA) is 71.3 Å². The lowest BCUT2D eigenvalue weighted by Gasteiger charge is -2.40. The minimum atomic E-state index is -0.0394. The number of nitrogens with zero attached hydrogens (tertiary/aromatic N) is 5. The molecule has 1 fully saturated rings. The number of rotatable bonds is 11. The van der Waals surface area contributed by atoms with E-state index in [4.69, 9.17) is 0 Å². The lowest BCUT2D eigenvalue weighted by atomic mass is 10.0. The van der Waals surface area contributed by atoms with E-state index in [1.807, 2.05) is 83.5 Å². The maximum absolute atomic E-state index is 13.3. The Kier molecular flexibility index (Phi) is 10.5. The quantitative estimate of drug-likeness (QED) is 0.110. The summed E-state index contributed by atoms with van der Waals surface area (Å²) in [5.74, 6) is 1.95. The van der Waals surface area contributed by atoms with Crippen LogP contribution in [0.1, 0.15) is 53.5 Å². The number of carbonyl (C=O) groups is 2. The summed E-state index contributed by atoms with van der Waals surface area (Å²) in [7, 11) is 0. The van der Waals surface area contributed by atoms with E-state index < -0.39 is 0 Å². The number of para-hydroxylation sites is 1. The summed E-state index contributed by atoms with van der Waals surface area (Å²) in [5.41, 5.74) is 6.36. The van der Waals surface area contributed by atoms with Gasteiger partial charge in [-0.05, 0) is 67.1 Å².